The van der Waals surface area contributed by atoms with E-state index in [0.717, 1.165) is 69.8 Å². The van der Waals surface area contributed by atoms with Crippen molar-refractivity contribution in [3.05, 3.63) is 70.2 Å². The van der Waals surface area contributed by atoms with Crippen LogP contribution in [0.5, 0.6) is 0 Å². The van der Waals surface area contributed by atoms with E-state index < -0.39 is 0 Å². The third-order valence-corrected chi connectivity index (χ3v) is 7.85. The largest absolute Gasteiger partial charge is 0.358 e. The molecule has 2 amide bonds. The number of aromatic nitrogens is 4. The Morgan fingerprint density at radius 1 is 1.15 bits per heavy atom. The van der Waals surface area contributed by atoms with E-state index in [1.165, 1.54) is 11.3 Å². The van der Waals surface area contributed by atoms with Crippen LogP contribution in [0, 0.1) is 13.8 Å². The zero-order valence-corrected chi connectivity index (χ0v) is 23.3. The number of hydrogen-bond donors (Lipinski definition) is 3. The molecule has 3 N–H and O–H groups in total. The van der Waals surface area contributed by atoms with Crippen LogP contribution in [0.1, 0.15) is 46.7 Å². The quantitative estimate of drug-likeness (QED) is 0.263. The Morgan fingerprint density at radius 2 is 1.97 bits per heavy atom. The first kappa shape index (κ1) is 26.5. The molecule has 1 aliphatic rings. The molecule has 1 aliphatic heterocycles. The molecule has 0 saturated heterocycles. The molecule has 0 spiro atoms. The smallest absolute Gasteiger partial charge is 0.256 e. The number of nitrogens with zero attached hydrogens (tertiary/aromatic N) is 4. The predicted octanol–water partition coefficient (Wildman–Crippen LogP) is 4.78. The highest BCUT2D eigenvalue weighted by atomic mass is 32.1. The second-order valence-electron chi connectivity index (χ2n) is 9.35. The summed E-state index contributed by atoms with van der Waals surface area (Å²) < 4.78 is 0. The van der Waals surface area contributed by atoms with Gasteiger partial charge in [-0.15, -0.1) is 11.3 Å². The first-order chi connectivity index (χ1) is 18.9. The number of aryl methyl sites for hydroxylation is 1. The third kappa shape index (κ3) is 5.39. The van der Waals surface area contributed by atoms with Gasteiger partial charge in [-0.25, -0.2) is 4.98 Å². The van der Waals surface area contributed by atoms with E-state index in [-0.39, 0.29) is 11.8 Å². The maximum Gasteiger partial charge on any atom is 0.256 e. The van der Waals surface area contributed by atoms with Gasteiger partial charge in [0.15, 0.2) is 0 Å². The van der Waals surface area contributed by atoms with Crippen molar-refractivity contribution in [3.8, 4) is 22.0 Å². The first-order valence-corrected chi connectivity index (χ1v) is 13.9. The van der Waals surface area contributed by atoms with Crippen molar-refractivity contribution in [2.75, 3.05) is 31.5 Å². The average Bonchev–Trinajstić information content (AvgIpc) is 3.63. The molecular weight excluding hydrogens is 510 g/mol. The molecule has 0 aliphatic carbocycles. The van der Waals surface area contributed by atoms with Gasteiger partial charge in [-0.1, -0.05) is 19.9 Å². The van der Waals surface area contributed by atoms with Crippen molar-refractivity contribution in [1.29, 1.82) is 0 Å². The van der Waals surface area contributed by atoms with E-state index in [4.69, 9.17) is 4.98 Å². The van der Waals surface area contributed by atoms with Gasteiger partial charge in [0.1, 0.15) is 10.7 Å². The Kier molecular flexibility index (Phi) is 7.67. The fourth-order valence-electron chi connectivity index (χ4n) is 4.78. The summed E-state index contributed by atoms with van der Waals surface area (Å²) in [7, 11) is 0. The van der Waals surface area contributed by atoms with Crippen molar-refractivity contribution in [2.24, 2.45) is 0 Å². The normalized spacial score (nSPS) is 13.7. The molecule has 5 rings (SSSR count). The number of hydrogen-bond acceptors (Lipinski definition) is 7. The van der Waals surface area contributed by atoms with Crippen molar-refractivity contribution in [3.63, 3.8) is 0 Å². The molecule has 39 heavy (non-hydrogen) atoms. The number of aromatic amines is 1. The van der Waals surface area contributed by atoms with Gasteiger partial charge in [0.25, 0.3) is 11.8 Å². The standard InChI is InChI=1S/C29H31N7O2S/c1-5-36(6-2)12-11-32-28(38)26-17(3)23(33-18(26)4)14-21-20-13-19(7-8-22(20)34-27(21)37)25-16-39-29(35-25)24-15-30-9-10-31-24/h7-10,13-16,33H,5-6,11-12H2,1-4H3,(H,32,38)(H,34,37). The van der Waals surface area contributed by atoms with Gasteiger partial charge in [-0.05, 0) is 50.7 Å². The molecule has 9 nitrogen and oxygen atoms in total. The molecule has 0 unspecified atom stereocenters. The average molecular weight is 542 g/mol. The van der Waals surface area contributed by atoms with E-state index >= 15 is 0 Å². The minimum Gasteiger partial charge on any atom is -0.358 e. The lowest BCUT2D eigenvalue weighted by atomic mass is 10.0. The Morgan fingerprint density at radius 3 is 2.72 bits per heavy atom. The van der Waals surface area contributed by atoms with Crippen molar-refractivity contribution in [1.82, 2.24) is 30.2 Å². The van der Waals surface area contributed by atoms with Crippen molar-refractivity contribution < 1.29 is 9.59 Å². The monoisotopic (exact) mass is 541 g/mol. The summed E-state index contributed by atoms with van der Waals surface area (Å²) in [5.41, 5.74) is 7.44. The molecular formula is C29H31N7O2S. The molecule has 0 fully saturated rings. The van der Waals surface area contributed by atoms with Crippen LogP contribution in [0.4, 0.5) is 5.69 Å². The van der Waals surface area contributed by atoms with Crippen molar-refractivity contribution >= 4 is 40.5 Å². The maximum absolute atomic E-state index is 13.0. The van der Waals surface area contributed by atoms with Crippen LogP contribution in [0.3, 0.4) is 0 Å². The van der Waals surface area contributed by atoms with E-state index in [1.54, 1.807) is 18.6 Å². The summed E-state index contributed by atoms with van der Waals surface area (Å²) >= 11 is 1.50. The lowest BCUT2D eigenvalue weighted by Gasteiger charge is -2.18. The van der Waals surface area contributed by atoms with E-state index in [9.17, 15) is 9.59 Å². The van der Waals surface area contributed by atoms with Crippen LogP contribution in [-0.2, 0) is 4.79 Å². The number of rotatable bonds is 9. The van der Waals surface area contributed by atoms with Crippen molar-refractivity contribution in [2.45, 2.75) is 27.7 Å². The van der Waals surface area contributed by atoms with Gasteiger partial charge in [0.2, 0.25) is 0 Å². The molecule has 200 valence electrons. The lowest BCUT2D eigenvalue weighted by Crippen LogP contribution is -2.35. The molecule has 4 heterocycles. The molecule has 0 radical (unpaired) electrons. The van der Waals surface area contributed by atoms with Crippen LogP contribution in [-0.4, -0.2) is 62.8 Å². The number of nitrogens with one attached hydrogen (secondary N) is 3. The van der Waals surface area contributed by atoms with E-state index in [0.29, 0.717) is 17.7 Å². The highest BCUT2D eigenvalue weighted by Gasteiger charge is 2.26. The lowest BCUT2D eigenvalue weighted by molar-refractivity contribution is -0.110. The summed E-state index contributed by atoms with van der Waals surface area (Å²) in [5, 5.41) is 8.74. The van der Waals surface area contributed by atoms with Crippen LogP contribution in [0.2, 0.25) is 0 Å². The molecule has 0 bridgehead atoms. The molecule has 10 heteroatoms. The number of fused-ring (bicyclic) bond motifs is 1. The third-order valence-electron chi connectivity index (χ3n) is 6.98. The van der Waals surface area contributed by atoms with Gasteiger partial charge >= 0.3 is 0 Å². The van der Waals surface area contributed by atoms with Gasteiger partial charge in [0.05, 0.1) is 23.0 Å². The minimum atomic E-state index is -0.183. The number of H-pyrrole nitrogens is 1. The second-order valence-corrected chi connectivity index (χ2v) is 10.2. The minimum absolute atomic E-state index is 0.112. The number of benzene rings is 1. The molecule has 0 saturated carbocycles. The Balaban J connectivity index is 1.41. The zero-order valence-electron chi connectivity index (χ0n) is 22.5. The summed E-state index contributed by atoms with van der Waals surface area (Å²) in [6.07, 6.45) is 6.79. The molecule has 3 aromatic heterocycles. The highest BCUT2D eigenvalue weighted by molar-refractivity contribution is 7.13. The van der Waals surface area contributed by atoms with E-state index in [2.05, 4.69) is 44.3 Å². The van der Waals surface area contributed by atoms with Gasteiger partial charge < -0.3 is 20.5 Å². The summed E-state index contributed by atoms with van der Waals surface area (Å²) in [5.74, 6) is -0.295. The molecule has 0 atom stereocenters. The number of thiazole rings is 1. The number of anilines is 1. The Bertz CT molecular complexity index is 1550. The fraction of sp³-hybridized carbons (Fsp3) is 0.276. The highest BCUT2D eigenvalue weighted by Crippen LogP contribution is 2.37. The van der Waals surface area contributed by atoms with Gasteiger partial charge in [-0.3, -0.25) is 19.6 Å². The SMILES string of the molecule is CCN(CC)CCNC(=O)c1c(C)[nH]c(C=C2C(=O)Nc3ccc(-c4csc(-c5cnccn5)n4)cc32)c1C. The number of likely N-dealkylation sites (N-methyl/N-ethyl adjacent to an activating group) is 1. The fourth-order valence-corrected chi connectivity index (χ4v) is 5.57. The number of amides is 2. The van der Waals surface area contributed by atoms with E-state index in [1.807, 2.05) is 43.5 Å². The predicted molar refractivity (Wildman–Crippen MR) is 155 cm³/mol. The Labute approximate surface area is 231 Å². The Hall–Kier alpha value is -4.15. The number of carbonyl (C=O) groups is 2. The van der Waals surface area contributed by atoms with Crippen LogP contribution in [0.25, 0.3) is 33.6 Å². The van der Waals surface area contributed by atoms with Gasteiger partial charge in [-0.2, -0.15) is 0 Å². The second kappa shape index (κ2) is 11.3. The topological polar surface area (TPSA) is 116 Å². The summed E-state index contributed by atoms with van der Waals surface area (Å²) in [4.78, 5) is 44.7. The number of carbonyl (C=O) groups excluding carboxylic acids is 2. The molecule has 4 aromatic rings. The summed E-state index contributed by atoms with van der Waals surface area (Å²) in [6.45, 7) is 11.3. The van der Waals surface area contributed by atoms with Gasteiger partial charge in [0, 0.05) is 59.1 Å². The van der Waals surface area contributed by atoms with Crippen LogP contribution in [0.15, 0.2) is 42.2 Å². The van der Waals surface area contributed by atoms with Crippen LogP contribution < -0.4 is 10.6 Å². The molecule has 1 aromatic carbocycles. The maximum atomic E-state index is 13.0. The zero-order chi connectivity index (χ0) is 27.5. The first-order valence-electron chi connectivity index (χ1n) is 13.0. The summed E-state index contributed by atoms with van der Waals surface area (Å²) in [6, 6.07) is 5.81. The van der Waals surface area contributed by atoms with Crippen LogP contribution >= 0.6 is 11.3 Å².